The minimum Gasteiger partial charge on any atom is -0.325 e. The number of hydrogen-bond donors (Lipinski definition) is 2. The molecule has 1 aromatic heterocycles. The van der Waals surface area contributed by atoms with E-state index in [0.717, 1.165) is 22.4 Å². The van der Waals surface area contributed by atoms with Crippen LogP contribution < -0.4 is 10.6 Å². The molecule has 0 saturated heterocycles. The highest BCUT2D eigenvalue weighted by atomic mass is 32.2. The Morgan fingerprint density at radius 1 is 1.03 bits per heavy atom. The van der Waals surface area contributed by atoms with Gasteiger partial charge in [-0.15, -0.1) is 10.2 Å². The Bertz CT molecular complexity index is 1040. The smallest absolute Gasteiger partial charge is 0.237 e. The van der Waals surface area contributed by atoms with E-state index in [2.05, 4.69) is 33.0 Å². The van der Waals surface area contributed by atoms with Crippen LogP contribution in [-0.2, 0) is 16.0 Å². The monoisotopic (exact) mass is 454 g/mol. The minimum atomic E-state index is -0.352. The van der Waals surface area contributed by atoms with Crippen LogP contribution in [0.15, 0.2) is 46.8 Å². The zero-order valence-corrected chi connectivity index (χ0v) is 19.7. The van der Waals surface area contributed by atoms with Crippen molar-refractivity contribution in [1.82, 2.24) is 10.2 Å². The number of thioether (sulfide) groups is 1. The molecule has 2 amide bonds. The van der Waals surface area contributed by atoms with Gasteiger partial charge in [-0.2, -0.15) is 0 Å². The van der Waals surface area contributed by atoms with E-state index in [4.69, 9.17) is 0 Å². The standard InChI is InChI=1S/C23H26N4O2S2/c1-14-12-15(2)20(16(3)13-14)25-21(29)17(4)30-23-27-26-22(31-23)24-19(28)11-10-18-8-6-5-7-9-18/h5-9,12-13,17H,10-11H2,1-4H3,(H,25,29)(H,24,26,28)/t17-/m1/s1. The molecule has 2 aromatic carbocycles. The predicted molar refractivity (Wildman–Crippen MR) is 128 cm³/mol. The molecule has 31 heavy (non-hydrogen) atoms. The molecule has 2 N–H and O–H groups in total. The molecule has 0 saturated carbocycles. The molecule has 1 atom stereocenters. The number of aryl methyl sites for hydroxylation is 4. The SMILES string of the molecule is Cc1cc(C)c(NC(=O)[C@@H](C)Sc2nnc(NC(=O)CCc3ccccc3)s2)c(C)c1. The molecule has 0 radical (unpaired) electrons. The van der Waals surface area contributed by atoms with Gasteiger partial charge in [-0.1, -0.05) is 71.1 Å². The van der Waals surface area contributed by atoms with E-state index < -0.39 is 0 Å². The second kappa shape index (κ2) is 10.5. The van der Waals surface area contributed by atoms with Crippen molar-refractivity contribution in [3.8, 4) is 0 Å². The molecule has 3 rings (SSSR count). The van der Waals surface area contributed by atoms with Gasteiger partial charge in [0.2, 0.25) is 16.9 Å². The highest BCUT2D eigenvalue weighted by Crippen LogP contribution is 2.30. The molecular weight excluding hydrogens is 428 g/mol. The highest BCUT2D eigenvalue weighted by Gasteiger charge is 2.19. The van der Waals surface area contributed by atoms with Gasteiger partial charge in [0, 0.05) is 12.1 Å². The van der Waals surface area contributed by atoms with Crippen molar-refractivity contribution in [2.45, 2.75) is 50.1 Å². The van der Waals surface area contributed by atoms with Crippen LogP contribution in [0.2, 0.25) is 0 Å². The van der Waals surface area contributed by atoms with Crippen molar-refractivity contribution in [1.29, 1.82) is 0 Å². The van der Waals surface area contributed by atoms with Gasteiger partial charge in [0.05, 0.1) is 5.25 Å². The predicted octanol–water partition coefficient (Wildman–Crippen LogP) is 5.15. The topological polar surface area (TPSA) is 84.0 Å². The summed E-state index contributed by atoms with van der Waals surface area (Å²) in [6.45, 7) is 7.85. The average molecular weight is 455 g/mol. The van der Waals surface area contributed by atoms with Crippen LogP contribution in [0.5, 0.6) is 0 Å². The largest absolute Gasteiger partial charge is 0.325 e. The maximum absolute atomic E-state index is 12.7. The van der Waals surface area contributed by atoms with Crippen LogP contribution in [0, 0.1) is 20.8 Å². The summed E-state index contributed by atoms with van der Waals surface area (Å²) in [6, 6.07) is 14.0. The number of benzene rings is 2. The van der Waals surface area contributed by atoms with Gasteiger partial charge in [0.25, 0.3) is 0 Å². The van der Waals surface area contributed by atoms with Crippen molar-refractivity contribution in [3.05, 3.63) is 64.7 Å². The molecule has 8 heteroatoms. The average Bonchev–Trinajstić information content (AvgIpc) is 3.16. The van der Waals surface area contributed by atoms with E-state index in [1.54, 1.807) is 0 Å². The lowest BCUT2D eigenvalue weighted by Crippen LogP contribution is -2.23. The van der Waals surface area contributed by atoms with Crippen molar-refractivity contribution >= 4 is 45.7 Å². The highest BCUT2D eigenvalue weighted by molar-refractivity contribution is 8.02. The van der Waals surface area contributed by atoms with Crippen LogP contribution in [0.3, 0.4) is 0 Å². The first-order valence-corrected chi connectivity index (χ1v) is 11.7. The number of nitrogens with one attached hydrogen (secondary N) is 2. The molecule has 0 aliphatic heterocycles. The first-order valence-electron chi connectivity index (χ1n) is 10.0. The number of hydrogen-bond acceptors (Lipinski definition) is 6. The van der Waals surface area contributed by atoms with Gasteiger partial charge >= 0.3 is 0 Å². The van der Waals surface area contributed by atoms with E-state index in [9.17, 15) is 9.59 Å². The van der Waals surface area contributed by atoms with Gasteiger partial charge < -0.3 is 10.6 Å². The third-order valence-corrected chi connectivity index (χ3v) is 6.73. The lowest BCUT2D eigenvalue weighted by molar-refractivity contribution is -0.116. The maximum atomic E-state index is 12.7. The summed E-state index contributed by atoms with van der Waals surface area (Å²) in [4.78, 5) is 24.8. The number of anilines is 2. The number of carbonyl (C=O) groups excluding carboxylic acids is 2. The van der Waals surface area contributed by atoms with Crippen molar-refractivity contribution in [2.75, 3.05) is 10.6 Å². The van der Waals surface area contributed by atoms with Gasteiger partial charge in [-0.05, 0) is 50.8 Å². The van der Waals surface area contributed by atoms with Crippen LogP contribution in [0.1, 0.15) is 35.6 Å². The molecule has 0 aliphatic rings. The fraction of sp³-hybridized carbons (Fsp3) is 0.304. The first-order chi connectivity index (χ1) is 14.8. The molecule has 0 spiro atoms. The Morgan fingerprint density at radius 2 is 1.71 bits per heavy atom. The first kappa shape index (κ1) is 23.0. The van der Waals surface area contributed by atoms with E-state index >= 15 is 0 Å². The molecule has 6 nitrogen and oxygen atoms in total. The molecule has 0 bridgehead atoms. The molecular formula is C23H26N4O2S2. The quantitative estimate of drug-likeness (QED) is 0.363. The molecule has 0 aliphatic carbocycles. The summed E-state index contributed by atoms with van der Waals surface area (Å²) >= 11 is 2.60. The van der Waals surface area contributed by atoms with Gasteiger partial charge in [0.15, 0.2) is 4.34 Å². The molecule has 1 heterocycles. The summed E-state index contributed by atoms with van der Waals surface area (Å²) in [7, 11) is 0. The number of carbonyl (C=O) groups is 2. The van der Waals surface area contributed by atoms with E-state index in [-0.39, 0.29) is 17.1 Å². The molecule has 0 fully saturated rings. The Labute approximate surface area is 190 Å². The fourth-order valence-electron chi connectivity index (χ4n) is 3.20. The van der Waals surface area contributed by atoms with E-state index in [0.29, 0.717) is 22.3 Å². The third-order valence-electron chi connectivity index (χ3n) is 4.71. The minimum absolute atomic E-state index is 0.0938. The summed E-state index contributed by atoms with van der Waals surface area (Å²) < 4.78 is 0.637. The fourth-order valence-corrected chi connectivity index (χ4v) is 5.11. The lowest BCUT2D eigenvalue weighted by Gasteiger charge is -2.15. The zero-order chi connectivity index (χ0) is 22.4. The normalized spacial score (nSPS) is 11.7. The Hall–Kier alpha value is -2.71. The Balaban J connectivity index is 1.51. The number of aromatic nitrogens is 2. The number of amides is 2. The second-order valence-corrected chi connectivity index (χ2v) is 10.00. The number of nitrogens with zero attached hydrogens (tertiary/aromatic N) is 2. The third kappa shape index (κ3) is 6.63. The van der Waals surface area contributed by atoms with Crippen molar-refractivity contribution in [2.24, 2.45) is 0 Å². The number of rotatable bonds is 8. The van der Waals surface area contributed by atoms with Crippen LogP contribution >= 0.6 is 23.1 Å². The van der Waals surface area contributed by atoms with Crippen LogP contribution in [-0.4, -0.2) is 27.3 Å². The van der Waals surface area contributed by atoms with Crippen molar-refractivity contribution in [3.63, 3.8) is 0 Å². The van der Waals surface area contributed by atoms with Crippen molar-refractivity contribution < 1.29 is 9.59 Å². The summed E-state index contributed by atoms with van der Waals surface area (Å²) in [5.41, 5.74) is 5.22. The van der Waals surface area contributed by atoms with Crippen LogP contribution in [0.25, 0.3) is 0 Å². The Kier molecular flexibility index (Phi) is 7.81. The van der Waals surface area contributed by atoms with Gasteiger partial charge in [-0.3, -0.25) is 9.59 Å². The van der Waals surface area contributed by atoms with E-state index in [1.807, 2.05) is 58.0 Å². The summed E-state index contributed by atoms with van der Waals surface area (Å²) in [5.74, 6) is -0.198. The Morgan fingerprint density at radius 3 is 2.39 bits per heavy atom. The van der Waals surface area contributed by atoms with Gasteiger partial charge in [-0.25, -0.2) is 0 Å². The lowest BCUT2D eigenvalue weighted by atomic mass is 10.1. The van der Waals surface area contributed by atoms with Crippen LogP contribution in [0.4, 0.5) is 10.8 Å². The molecule has 3 aromatic rings. The molecule has 0 unspecified atom stereocenters. The zero-order valence-electron chi connectivity index (χ0n) is 18.1. The maximum Gasteiger partial charge on any atom is 0.237 e. The summed E-state index contributed by atoms with van der Waals surface area (Å²) in [6.07, 6.45) is 1.04. The molecule has 162 valence electrons. The van der Waals surface area contributed by atoms with Gasteiger partial charge in [0.1, 0.15) is 0 Å². The van der Waals surface area contributed by atoms with E-state index in [1.165, 1.54) is 28.7 Å². The second-order valence-electron chi connectivity index (χ2n) is 7.43. The summed E-state index contributed by atoms with van der Waals surface area (Å²) in [5, 5.41) is 14.0.